The number of carbonyl (C=O) groups excluding carboxylic acids is 1. The maximum absolute atomic E-state index is 14.3. The summed E-state index contributed by atoms with van der Waals surface area (Å²) < 4.78 is 19.7. The van der Waals surface area contributed by atoms with Crippen LogP contribution >= 0.6 is 0 Å². The lowest BCUT2D eigenvalue weighted by Gasteiger charge is -2.56. The Morgan fingerprint density at radius 3 is 2.70 bits per heavy atom. The summed E-state index contributed by atoms with van der Waals surface area (Å²) in [5.74, 6) is 0.705. The maximum atomic E-state index is 14.3. The maximum Gasteiger partial charge on any atom is 0.256 e. The number of hydrogen-bond donors (Lipinski definition) is 2. The van der Waals surface area contributed by atoms with Gasteiger partial charge in [0.1, 0.15) is 11.6 Å². The quantitative estimate of drug-likeness (QED) is 0.626. The van der Waals surface area contributed by atoms with Gasteiger partial charge in [-0.05, 0) is 48.6 Å². The standard InChI is InChI=1S/C26H28FN3O3/c1-33-17-8-9-19-21(10-17)28-24-22(12-31)29(11-16-6-7-16)13-26(23(19)24)14-30(15-26)25(32)18-4-2-3-5-20(18)27/h2-5,8-10,16,22,28,31H,6-7,11-15H2,1H3/t22-/m0/s1. The number of H-pyrrole nitrogens is 1. The van der Waals surface area contributed by atoms with Crippen molar-refractivity contribution < 1.29 is 19.0 Å². The second-order valence-corrected chi connectivity index (χ2v) is 9.82. The molecule has 6 rings (SSSR count). The summed E-state index contributed by atoms with van der Waals surface area (Å²) in [6, 6.07) is 12.1. The second-order valence-electron chi connectivity index (χ2n) is 9.82. The highest BCUT2D eigenvalue weighted by atomic mass is 19.1. The molecule has 2 fully saturated rings. The number of ether oxygens (including phenoxy) is 1. The first-order chi connectivity index (χ1) is 16.0. The molecule has 2 aromatic carbocycles. The number of fused-ring (bicyclic) bond motifs is 4. The fourth-order valence-electron chi connectivity index (χ4n) is 5.83. The number of benzene rings is 2. The minimum Gasteiger partial charge on any atom is -0.497 e. The smallest absolute Gasteiger partial charge is 0.256 e. The number of hydrogen-bond acceptors (Lipinski definition) is 4. The summed E-state index contributed by atoms with van der Waals surface area (Å²) in [6.45, 7) is 2.84. The van der Waals surface area contributed by atoms with E-state index in [9.17, 15) is 14.3 Å². The molecule has 1 saturated carbocycles. The van der Waals surface area contributed by atoms with Gasteiger partial charge in [-0.25, -0.2) is 4.39 Å². The monoisotopic (exact) mass is 449 g/mol. The minimum absolute atomic E-state index is 0.0393. The van der Waals surface area contributed by atoms with Gasteiger partial charge in [0.2, 0.25) is 0 Å². The Hall–Kier alpha value is -2.90. The highest BCUT2D eigenvalue weighted by Gasteiger charge is 2.54. The van der Waals surface area contributed by atoms with Crippen LogP contribution in [0.3, 0.4) is 0 Å². The topological polar surface area (TPSA) is 68.8 Å². The van der Waals surface area contributed by atoms with Crippen molar-refractivity contribution in [2.45, 2.75) is 24.3 Å². The second kappa shape index (κ2) is 7.57. The summed E-state index contributed by atoms with van der Waals surface area (Å²) in [5, 5.41) is 11.5. The molecule has 1 saturated heterocycles. The van der Waals surface area contributed by atoms with Crippen molar-refractivity contribution in [3.63, 3.8) is 0 Å². The third-order valence-electron chi connectivity index (χ3n) is 7.59. The summed E-state index contributed by atoms with van der Waals surface area (Å²) in [6.07, 6.45) is 2.46. The first-order valence-electron chi connectivity index (χ1n) is 11.6. The summed E-state index contributed by atoms with van der Waals surface area (Å²) in [5.41, 5.74) is 3.07. The largest absolute Gasteiger partial charge is 0.497 e. The molecule has 33 heavy (non-hydrogen) atoms. The van der Waals surface area contributed by atoms with Gasteiger partial charge in [0, 0.05) is 54.3 Å². The summed E-state index contributed by atoms with van der Waals surface area (Å²) in [4.78, 5) is 20.8. The first kappa shape index (κ1) is 20.7. The molecule has 1 aliphatic carbocycles. The van der Waals surface area contributed by atoms with Crippen molar-refractivity contribution in [1.82, 2.24) is 14.8 Å². The van der Waals surface area contributed by atoms with Gasteiger partial charge >= 0.3 is 0 Å². The van der Waals surface area contributed by atoms with Crippen LogP contribution < -0.4 is 4.74 Å². The lowest BCUT2D eigenvalue weighted by Crippen LogP contribution is -2.67. The molecule has 2 N–H and O–H groups in total. The Morgan fingerprint density at radius 1 is 1.21 bits per heavy atom. The van der Waals surface area contributed by atoms with Gasteiger partial charge in [-0.3, -0.25) is 9.69 Å². The lowest BCUT2D eigenvalue weighted by molar-refractivity contribution is -0.00154. The fourth-order valence-corrected chi connectivity index (χ4v) is 5.83. The molecule has 3 aliphatic rings. The Bertz CT molecular complexity index is 1230. The highest BCUT2D eigenvalue weighted by molar-refractivity contribution is 5.96. The molecule has 0 unspecified atom stereocenters. The van der Waals surface area contributed by atoms with Crippen molar-refractivity contribution in [3.8, 4) is 5.75 Å². The molecule has 172 valence electrons. The molecule has 3 aromatic rings. The van der Waals surface area contributed by atoms with Crippen molar-refractivity contribution >= 4 is 16.8 Å². The van der Waals surface area contributed by atoms with Gasteiger partial charge in [-0.1, -0.05) is 12.1 Å². The van der Waals surface area contributed by atoms with Crippen LogP contribution in [0.25, 0.3) is 10.9 Å². The van der Waals surface area contributed by atoms with Crippen LogP contribution in [0, 0.1) is 11.7 Å². The van der Waals surface area contributed by atoms with Gasteiger partial charge in [-0.15, -0.1) is 0 Å². The molecule has 1 atom stereocenters. The lowest BCUT2D eigenvalue weighted by atomic mass is 9.68. The van der Waals surface area contributed by atoms with Gasteiger partial charge < -0.3 is 19.7 Å². The van der Waals surface area contributed by atoms with Crippen molar-refractivity contribution in [3.05, 3.63) is 65.1 Å². The van der Waals surface area contributed by atoms with E-state index >= 15 is 0 Å². The van der Waals surface area contributed by atoms with E-state index in [1.807, 2.05) is 12.1 Å². The molecular weight excluding hydrogens is 421 g/mol. The average Bonchev–Trinajstić information content (AvgIpc) is 3.53. The van der Waals surface area contributed by atoms with Crippen LogP contribution in [-0.2, 0) is 5.41 Å². The van der Waals surface area contributed by atoms with Gasteiger partial charge in [0.05, 0.1) is 25.3 Å². The van der Waals surface area contributed by atoms with Crippen molar-refractivity contribution in [2.75, 3.05) is 39.9 Å². The van der Waals surface area contributed by atoms with Crippen molar-refractivity contribution in [2.24, 2.45) is 5.92 Å². The number of halogens is 1. The SMILES string of the molecule is COc1ccc2c3c([nH]c2c1)[C@H](CO)N(CC1CC1)CC31CN(C(=O)c2ccccc2F)C1. The zero-order valence-electron chi connectivity index (χ0n) is 18.7. The molecule has 0 radical (unpaired) electrons. The summed E-state index contributed by atoms with van der Waals surface area (Å²) >= 11 is 0. The molecule has 7 heteroatoms. The first-order valence-corrected chi connectivity index (χ1v) is 11.6. The number of aliphatic hydroxyl groups is 1. The van der Waals surface area contributed by atoms with E-state index in [0.717, 1.165) is 35.4 Å². The third kappa shape index (κ3) is 3.25. The number of aliphatic hydroxyl groups excluding tert-OH is 1. The summed E-state index contributed by atoms with van der Waals surface area (Å²) in [7, 11) is 1.65. The van der Waals surface area contributed by atoms with Crippen molar-refractivity contribution in [1.29, 1.82) is 0 Å². The van der Waals surface area contributed by atoms with E-state index < -0.39 is 5.82 Å². The zero-order chi connectivity index (χ0) is 22.7. The number of carbonyl (C=O) groups is 1. The highest BCUT2D eigenvalue weighted by Crippen LogP contribution is 2.49. The Morgan fingerprint density at radius 2 is 2.00 bits per heavy atom. The van der Waals surface area contributed by atoms with Crippen LogP contribution in [0.5, 0.6) is 5.75 Å². The minimum atomic E-state index is -0.484. The van der Waals surface area contributed by atoms with Gasteiger partial charge in [-0.2, -0.15) is 0 Å². The fraction of sp³-hybridized carbons (Fsp3) is 0.423. The van der Waals surface area contributed by atoms with E-state index in [1.54, 1.807) is 30.2 Å². The normalized spacial score (nSPS) is 21.8. The third-order valence-corrected chi connectivity index (χ3v) is 7.59. The average molecular weight is 450 g/mol. The number of rotatable bonds is 5. The van der Waals surface area contributed by atoms with Gasteiger partial charge in [0.15, 0.2) is 0 Å². The van der Waals surface area contributed by atoms with Crippen LogP contribution in [-0.4, -0.2) is 65.7 Å². The molecule has 1 aromatic heterocycles. The van der Waals surface area contributed by atoms with Crippen LogP contribution in [0.4, 0.5) is 4.39 Å². The number of nitrogens with zero attached hydrogens (tertiary/aromatic N) is 2. The van der Waals surface area contributed by atoms with Gasteiger partial charge in [0.25, 0.3) is 5.91 Å². The predicted octanol–water partition coefficient (Wildman–Crippen LogP) is 3.47. The van der Waals surface area contributed by atoms with E-state index in [-0.39, 0.29) is 29.5 Å². The molecule has 6 nitrogen and oxygen atoms in total. The Balaban J connectivity index is 1.40. The molecular formula is C26H28FN3O3. The number of methoxy groups -OCH3 is 1. The van der Waals surface area contributed by atoms with Crippen LogP contribution in [0.2, 0.25) is 0 Å². The number of nitrogens with one attached hydrogen (secondary N) is 1. The Labute approximate surface area is 191 Å². The number of amides is 1. The van der Waals surface area contributed by atoms with E-state index in [0.29, 0.717) is 19.0 Å². The predicted molar refractivity (Wildman–Crippen MR) is 123 cm³/mol. The molecule has 3 heterocycles. The molecule has 0 bridgehead atoms. The van der Waals surface area contributed by atoms with E-state index in [4.69, 9.17) is 4.74 Å². The number of aromatic nitrogens is 1. The van der Waals surface area contributed by atoms with Crippen LogP contribution in [0.15, 0.2) is 42.5 Å². The zero-order valence-corrected chi connectivity index (χ0v) is 18.7. The molecule has 1 spiro atoms. The van der Waals surface area contributed by atoms with E-state index in [2.05, 4.69) is 16.0 Å². The molecule has 1 amide bonds. The Kier molecular flexibility index (Phi) is 4.74. The van der Waals surface area contributed by atoms with E-state index in [1.165, 1.54) is 24.5 Å². The number of aromatic amines is 1. The number of likely N-dealkylation sites (tertiary alicyclic amines) is 1. The van der Waals surface area contributed by atoms with Crippen LogP contribution in [0.1, 0.15) is 40.5 Å². The molecule has 2 aliphatic heterocycles.